The van der Waals surface area contributed by atoms with Crippen LogP contribution < -0.4 is 19.5 Å². The number of aryl methyl sites for hydroxylation is 1. The van der Waals surface area contributed by atoms with Crippen LogP contribution in [0.2, 0.25) is 10.0 Å². The van der Waals surface area contributed by atoms with Crippen molar-refractivity contribution in [2.24, 2.45) is 0 Å². The fourth-order valence-corrected chi connectivity index (χ4v) is 3.50. The van der Waals surface area contributed by atoms with Crippen molar-refractivity contribution in [3.8, 4) is 17.2 Å². The highest BCUT2D eigenvalue weighted by Crippen LogP contribution is 2.32. The van der Waals surface area contributed by atoms with Crippen molar-refractivity contribution in [2.45, 2.75) is 13.5 Å². The minimum Gasteiger partial charge on any atom is -0.495 e. The Balaban J connectivity index is 1.69. The molecular weight excluding hydrogens is 449 g/mol. The number of rotatable bonds is 8. The molecule has 1 N–H and O–H groups in total. The van der Waals surface area contributed by atoms with Crippen molar-refractivity contribution in [2.75, 3.05) is 19.5 Å². The number of hydrogen-bond acceptors (Lipinski definition) is 4. The van der Waals surface area contributed by atoms with Gasteiger partial charge in [-0.05, 0) is 60.5 Å². The van der Waals surface area contributed by atoms with Crippen molar-refractivity contribution in [1.82, 2.24) is 0 Å². The molecule has 0 heterocycles. The van der Waals surface area contributed by atoms with Crippen LogP contribution in [0, 0.1) is 6.92 Å². The van der Waals surface area contributed by atoms with Gasteiger partial charge in [0.2, 0.25) is 5.91 Å². The second-order valence-electron chi connectivity index (χ2n) is 6.93. The zero-order valence-corrected chi connectivity index (χ0v) is 19.5. The summed E-state index contributed by atoms with van der Waals surface area (Å²) < 4.78 is 16.6. The van der Waals surface area contributed by atoms with Crippen LogP contribution in [-0.4, -0.2) is 20.1 Å². The molecule has 0 aromatic heterocycles. The molecule has 5 nitrogen and oxygen atoms in total. The highest BCUT2D eigenvalue weighted by atomic mass is 35.5. The van der Waals surface area contributed by atoms with E-state index in [1.807, 2.05) is 31.2 Å². The first-order valence-electron chi connectivity index (χ1n) is 9.78. The number of ether oxygens (including phenoxy) is 3. The van der Waals surface area contributed by atoms with E-state index in [4.69, 9.17) is 37.4 Å². The Hall–Kier alpha value is -3.15. The Labute approximate surface area is 197 Å². The molecule has 7 heteroatoms. The van der Waals surface area contributed by atoms with E-state index in [9.17, 15) is 4.79 Å². The van der Waals surface area contributed by atoms with E-state index in [1.165, 1.54) is 6.08 Å². The summed E-state index contributed by atoms with van der Waals surface area (Å²) in [5.41, 5.74) is 3.10. The lowest BCUT2D eigenvalue weighted by atomic mass is 10.1. The predicted molar refractivity (Wildman–Crippen MR) is 129 cm³/mol. The molecule has 3 rings (SSSR count). The van der Waals surface area contributed by atoms with Gasteiger partial charge in [-0.1, -0.05) is 41.4 Å². The van der Waals surface area contributed by atoms with Gasteiger partial charge in [-0.2, -0.15) is 0 Å². The van der Waals surface area contributed by atoms with Crippen molar-refractivity contribution >= 4 is 40.9 Å². The molecule has 32 heavy (non-hydrogen) atoms. The van der Waals surface area contributed by atoms with Crippen LogP contribution in [0.4, 0.5) is 5.69 Å². The molecule has 0 saturated carbocycles. The molecule has 0 bridgehead atoms. The van der Waals surface area contributed by atoms with Crippen molar-refractivity contribution in [3.05, 3.63) is 87.4 Å². The van der Waals surface area contributed by atoms with Crippen LogP contribution in [0.5, 0.6) is 17.2 Å². The average Bonchev–Trinajstić information content (AvgIpc) is 2.78. The lowest BCUT2D eigenvalue weighted by Crippen LogP contribution is -2.09. The normalized spacial score (nSPS) is 10.8. The number of amides is 1. The third-order valence-electron chi connectivity index (χ3n) is 4.66. The number of carbonyl (C=O) groups excluding carboxylic acids is 1. The molecule has 0 aliphatic carbocycles. The third kappa shape index (κ3) is 5.96. The average molecular weight is 472 g/mol. The largest absolute Gasteiger partial charge is 0.495 e. The molecule has 0 aliphatic heterocycles. The number of anilines is 1. The zero-order valence-electron chi connectivity index (χ0n) is 17.9. The maximum atomic E-state index is 12.4. The number of benzene rings is 3. The van der Waals surface area contributed by atoms with Crippen molar-refractivity contribution in [1.29, 1.82) is 0 Å². The zero-order chi connectivity index (χ0) is 23.1. The maximum absolute atomic E-state index is 12.4. The summed E-state index contributed by atoms with van der Waals surface area (Å²) in [6.45, 7) is 2.14. The van der Waals surface area contributed by atoms with Crippen LogP contribution in [0.15, 0.2) is 60.7 Å². The van der Waals surface area contributed by atoms with Gasteiger partial charge < -0.3 is 19.5 Å². The van der Waals surface area contributed by atoms with Gasteiger partial charge in [-0.15, -0.1) is 0 Å². The molecule has 0 radical (unpaired) electrons. The lowest BCUT2D eigenvalue weighted by molar-refractivity contribution is -0.111. The second kappa shape index (κ2) is 10.9. The minimum absolute atomic E-state index is 0.199. The van der Waals surface area contributed by atoms with Crippen molar-refractivity contribution in [3.63, 3.8) is 0 Å². The molecule has 0 atom stereocenters. The summed E-state index contributed by atoms with van der Waals surface area (Å²) in [5, 5.41) is 3.90. The maximum Gasteiger partial charge on any atom is 0.248 e. The monoisotopic (exact) mass is 471 g/mol. The number of halogens is 2. The first kappa shape index (κ1) is 23.5. The summed E-state index contributed by atoms with van der Waals surface area (Å²) in [5.74, 6) is 1.38. The van der Waals surface area contributed by atoms with E-state index in [2.05, 4.69) is 5.32 Å². The number of methoxy groups -OCH3 is 2. The Kier molecular flexibility index (Phi) is 8.03. The van der Waals surface area contributed by atoms with Crippen LogP contribution in [0.1, 0.15) is 16.7 Å². The number of hydrogen-bond donors (Lipinski definition) is 1. The number of carbonyl (C=O) groups is 1. The van der Waals surface area contributed by atoms with Gasteiger partial charge >= 0.3 is 0 Å². The smallest absolute Gasteiger partial charge is 0.248 e. The fraction of sp³-hybridized carbons (Fsp3) is 0.160. The van der Waals surface area contributed by atoms with Crippen LogP contribution >= 0.6 is 23.2 Å². The summed E-state index contributed by atoms with van der Waals surface area (Å²) in [7, 11) is 3.11. The SMILES string of the molecule is COc1ccc(C)cc1NC(=O)C=Cc1ccc(OCc2c(Cl)cccc2Cl)c(OC)c1. The molecule has 0 fully saturated rings. The Morgan fingerprint density at radius 2 is 1.62 bits per heavy atom. The quantitative estimate of drug-likeness (QED) is 0.378. The molecule has 0 spiro atoms. The predicted octanol–water partition coefficient (Wildman–Crippen LogP) is 6.55. The molecular formula is C25H23Cl2NO4. The molecule has 0 unspecified atom stereocenters. The van der Waals surface area contributed by atoms with Gasteiger partial charge in [0.25, 0.3) is 0 Å². The van der Waals surface area contributed by atoms with E-state index in [1.54, 1.807) is 50.6 Å². The number of nitrogens with one attached hydrogen (secondary N) is 1. The van der Waals surface area contributed by atoms with E-state index < -0.39 is 0 Å². The Bertz CT molecular complexity index is 1120. The van der Waals surface area contributed by atoms with Gasteiger partial charge in [0, 0.05) is 21.7 Å². The van der Waals surface area contributed by atoms with Gasteiger partial charge in [0.05, 0.1) is 19.9 Å². The molecule has 3 aromatic carbocycles. The first-order valence-corrected chi connectivity index (χ1v) is 10.5. The summed E-state index contributed by atoms with van der Waals surface area (Å²) in [4.78, 5) is 12.4. The van der Waals surface area contributed by atoms with Crippen LogP contribution in [0.25, 0.3) is 6.08 Å². The van der Waals surface area contributed by atoms with Gasteiger partial charge in [-0.25, -0.2) is 0 Å². The van der Waals surface area contributed by atoms with Gasteiger partial charge in [-0.3, -0.25) is 4.79 Å². The summed E-state index contributed by atoms with van der Waals surface area (Å²) in [6.07, 6.45) is 3.13. The minimum atomic E-state index is -0.276. The topological polar surface area (TPSA) is 56.8 Å². The Morgan fingerprint density at radius 3 is 2.31 bits per heavy atom. The highest BCUT2D eigenvalue weighted by Gasteiger charge is 2.10. The second-order valence-corrected chi connectivity index (χ2v) is 7.74. The summed E-state index contributed by atoms with van der Waals surface area (Å²) in [6, 6.07) is 16.2. The molecule has 0 aliphatic rings. The Morgan fingerprint density at radius 1 is 0.938 bits per heavy atom. The fourth-order valence-electron chi connectivity index (χ4n) is 2.99. The third-order valence-corrected chi connectivity index (χ3v) is 5.37. The summed E-state index contributed by atoms with van der Waals surface area (Å²) >= 11 is 12.4. The lowest BCUT2D eigenvalue weighted by Gasteiger charge is -2.13. The molecule has 3 aromatic rings. The van der Waals surface area contributed by atoms with Gasteiger partial charge in [0.15, 0.2) is 11.5 Å². The van der Waals surface area contributed by atoms with E-state index in [0.717, 1.165) is 11.1 Å². The van der Waals surface area contributed by atoms with Crippen LogP contribution in [0.3, 0.4) is 0 Å². The standard InChI is InChI=1S/C25H23Cl2NO4/c1-16-7-10-22(30-2)21(13-16)28-25(29)12-9-17-8-11-23(24(14-17)31-3)32-15-18-19(26)5-4-6-20(18)27/h4-14H,15H2,1-3H3,(H,28,29). The van der Waals surface area contributed by atoms with E-state index in [-0.39, 0.29) is 12.5 Å². The highest BCUT2D eigenvalue weighted by molar-refractivity contribution is 6.35. The van der Waals surface area contributed by atoms with Crippen LogP contribution in [-0.2, 0) is 11.4 Å². The first-order chi connectivity index (χ1) is 15.4. The molecule has 1 amide bonds. The van der Waals surface area contributed by atoms with E-state index >= 15 is 0 Å². The molecule has 166 valence electrons. The van der Waals surface area contributed by atoms with Gasteiger partial charge in [0.1, 0.15) is 12.4 Å². The van der Waals surface area contributed by atoms with E-state index in [0.29, 0.717) is 38.5 Å². The molecule has 0 saturated heterocycles. The van der Waals surface area contributed by atoms with Crippen molar-refractivity contribution < 1.29 is 19.0 Å².